The van der Waals surface area contributed by atoms with Gasteiger partial charge in [-0.15, -0.1) is 0 Å². The zero-order valence-electron chi connectivity index (χ0n) is 10.3. The molecule has 0 aliphatic rings. The molecule has 0 aliphatic heterocycles. The topological polar surface area (TPSA) is 99.9 Å². The fourth-order valence-corrected chi connectivity index (χ4v) is 1.85. The highest BCUT2D eigenvalue weighted by Gasteiger charge is 2.08. The van der Waals surface area contributed by atoms with E-state index in [1.54, 1.807) is 12.3 Å². The summed E-state index contributed by atoms with van der Waals surface area (Å²) in [6, 6.07) is 3.56. The van der Waals surface area contributed by atoms with E-state index in [2.05, 4.69) is 25.5 Å². The largest absolute Gasteiger partial charge is 0.462 e. The monoisotopic (exact) mass is 259 g/mol. The second kappa shape index (κ2) is 4.69. The third kappa shape index (κ3) is 2.27. The molecular weight excluding hydrogens is 246 g/mol. The van der Waals surface area contributed by atoms with E-state index in [1.807, 2.05) is 13.0 Å². The van der Waals surface area contributed by atoms with Crippen molar-refractivity contribution < 1.29 is 9.52 Å². The van der Waals surface area contributed by atoms with Crippen molar-refractivity contribution in [2.75, 3.05) is 5.32 Å². The molecular formula is C12H13N5O2. The number of aromatic amines is 1. The maximum absolute atomic E-state index is 8.94. The van der Waals surface area contributed by atoms with Crippen LogP contribution in [0.2, 0.25) is 0 Å². The van der Waals surface area contributed by atoms with Gasteiger partial charge in [0.25, 0.3) is 0 Å². The molecule has 98 valence electrons. The Morgan fingerprint density at radius 1 is 1.32 bits per heavy atom. The highest BCUT2D eigenvalue weighted by molar-refractivity contribution is 5.85. The van der Waals surface area contributed by atoms with Crippen LogP contribution in [0.15, 0.2) is 22.7 Å². The molecule has 0 unspecified atom stereocenters. The number of hydrogen-bond acceptors (Lipinski definition) is 6. The van der Waals surface area contributed by atoms with E-state index in [9.17, 15) is 0 Å². The van der Waals surface area contributed by atoms with Gasteiger partial charge in [0.2, 0.25) is 0 Å². The molecule has 0 fully saturated rings. The number of aromatic nitrogens is 4. The summed E-state index contributed by atoms with van der Waals surface area (Å²) in [7, 11) is 0. The minimum atomic E-state index is -0.0986. The van der Waals surface area contributed by atoms with Crippen molar-refractivity contribution >= 4 is 16.9 Å². The average molecular weight is 259 g/mol. The quantitative estimate of drug-likeness (QED) is 0.654. The molecule has 3 heterocycles. The van der Waals surface area contributed by atoms with Crippen LogP contribution >= 0.6 is 0 Å². The van der Waals surface area contributed by atoms with E-state index in [4.69, 9.17) is 9.52 Å². The Morgan fingerprint density at radius 3 is 2.95 bits per heavy atom. The van der Waals surface area contributed by atoms with Gasteiger partial charge in [0.15, 0.2) is 5.65 Å². The first-order valence-corrected chi connectivity index (χ1v) is 5.86. The first-order chi connectivity index (χ1) is 9.26. The molecule has 7 heteroatoms. The Balaban J connectivity index is 1.83. The zero-order valence-corrected chi connectivity index (χ0v) is 10.3. The lowest BCUT2D eigenvalue weighted by molar-refractivity contribution is 0.244. The average Bonchev–Trinajstić information content (AvgIpc) is 3.03. The van der Waals surface area contributed by atoms with E-state index >= 15 is 0 Å². The van der Waals surface area contributed by atoms with Gasteiger partial charge in [0.1, 0.15) is 29.8 Å². The summed E-state index contributed by atoms with van der Waals surface area (Å²) in [5, 5.41) is 19.7. The maximum Gasteiger partial charge on any atom is 0.161 e. The van der Waals surface area contributed by atoms with Crippen LogP contribution in [-0.4, -0.2) is 25.3 Å². The second-order valence-electron chi connectivity index (χ2n) is 4.13. The van der Waals surface area contributed by atoms with E-state index < -0.39 is 0 Å². The molecule has 0 saturated heterocycles. The lowest BCUT2D eigenvalue weighted by Gasteiger charge is -2.05. The van der Waals surface area contributed by atoms with Crippen LogP contribution in [0.1, 0.15) is 17.3 Å². The Kier molecular flexibility index (Phi) is 2.88. The van der Waals surface area contributed by atoms with Gasteiger partial charge in [-0.2, -0.15) is 5.10 Å². The van der Waals surface area contributed by atoms with E-state index in [1.165, 1.54) is 0 Å². The molecule has 3 aromatic heterocycles. The summed E-state index contributed by atoms with van der Waals surface area (Å²) in [5.41, 5.74) is 0.700. The SMILES string of the molecule is Cc1nc(NCc2ccc(CO)o2)c2cn[nH]c2n1. The Morgan fingerprint density at radius 2 is 2.16 bits per heavy atom. The number of nitrogens with one attached hydrogen (secondary N) is 2. The molecule has 0 atom stereocenters. The van der Waals surface area contributed by atoms with Gasteiger partial charge in [-0.25, -0.2) is 9.97 Å². The number of aliphatic hydroxyl groups excluding tert-OH is 1. The predicted octanol–water partition coefficient (Wildman–Crippen LogP) is 1.36. The smallest absolute Gasteiger partial charge is 0.161 e. The number of nitrogens with zero attached hydrogens (tertiary/aromatic N) is 3. The van der Waals surface area contributed by atoms with Crippen molar-refractivity contribution in [1.82, 2.24) is 20.2 Å². The van der Waals surface area contributed by atoms with Crippen molar-refractivity contribution in [2.45, 2.75) is 20.1 Å². The minimum absolute atomic E-state index is 0.0986. The fourth-order valence-electron chi connectivity index (χ4n) is 1.85. The first kappa shape index (κ1) is 11.7. The molecule has 3 N–H and O–H groups in total. The molecule has 0 radical (unpaired) electrons. The van der Waals surface area contributed by atoms with Crippen LogP contribution in [-0.2, 0) is 13.2 Å². The third-order valence-corrected chi connectivity index (χ3v) is 2.72. The predicted molar refractivity (Wildman–Crippen MR) is 68.4 cm³/mol. The van der Waals surface area contributed by atoms with Gasteiger partial charge >= 0.3 is 0 Å². The number of aryl methyl sites for hydroxylation is 1. The van der Waals surface area contributed by atoms with E-state index in [0.29, 0.717) is 29.6 Å². The van der Waals surface area contributed by atoms with Crippen LogP contribution in [0.25, 0.3) is 11.0 Å². The molecule has 7 nitrogen and oxygen atoms in total. The van der Waals surface area contributed by atoms with Crippen LogP contribution in [0, 0.1) is 6.92 Å². The second-order valence-corrected chi connectivity index (χ2v) is 4.13. The van der Waals surface area contributed by atoms with Crippen molar-refractivity contribution in [2.24, 2.45) is 0 Å². The number of aliphatic hydroxyl groups is 1. The van der Waals surface area contributed by atoms with Gasteiger partial charge in [0, 0.05) is 0 Å². The maximum atomic E-state index is 8.94. The summed E-state index contributed by atoms with van der Waals surface area (Å²) in [6.07, 6.45) is 1.68. The minimum Gasteiger partial charge on any atom is -0.462 e. The van der Waals surface area contributed by atoms with Gasteiger partial charge in [-0.05, 0) is 19.1 Å². The van der Waals surface area contributed by atoms with Crippen LogP contribution in [0.4, 0.5) is 5.82 Å². The highest BCUT2D eigenvalue weighted by atomic mass is 16.4. The summed E-state index contributed by atoms with van der Waals surface area (Å²) < 4.78 is 5.40. The van der Waals surface area contributed by atoms with Crippen molar-refractivity contribution in [3.63, 3.8) is 0 Å². The third-order valence-electron chi connectivity index (χ3n) is 2.72. The molecule has 0 amide bonds. The number of furan rings is 1. The summed E-state index contributed by atoms with van der Waals surface area (Å²) in [6.45, 7) is 2.21. The van der Waals surface area contributed by atoms with Crippen molar-refractivity contribution in [3.05, 3.63) is 35.7 Å². The van der Waals surface area contributed by atoms with Crippen molar-refractivity contribution in [3.8, 4) is 0 Å². The normalized spacial score (nSPS) is 11.1. The number of fused-ring (bicyclic) bond motifs is 1. The Labute approximate surface area is 108 Å². The molecule has 3 rings (SSSR count). The van der Waals surface area contributed by atoms with Crippen molar-refractivity contribution in [1.29, 1.82) is 0 Å². The van der Waals surface area contributed by atoms with Gasteiger partial charge in [0.05, 0.1) is 18.1 Å². The van der Waals surface area contributed by atoms with Crippen LogP contribution in [0.5, 0.6) is 0 Å². The Hall–Kier alpha value is -2.41. The zero-order chi connectivity index (χ0) is 13.2. The lowest BCUT2D eigenvalue weighted by atomic mass is 10.3. The standard InChI is InChI=1S/C12H13N5O2/c1-7-15-11(10-5-14-17-12(10)16-7)13-4-8-2-3-9(6-18)19-8/h2-3,5,18H,4,6H2,1H3,(H2,13,14,15,16,17). The highest BCUT2D eigenvalue weighted by Crippen LogP contribution is 2.19. The summed E-state index contributed by atoms with van der Waals surface area (Å²) in [5.74, 6) is 2.65. The molecule has 0 spiro atoms. The van der Waals surface area contributed by atoms with E-state index in [0.717, 1.165) is 11.1 Å². The molecule has 0 aliphatic carbocycles. The van der Waals surface area contributed by atoms with Crippen LogP contribution < -0.4 is 5.32 Å². The van der Waals surface area contributed by atoms with Gasteiger partial charge in [-0.3, -0.25) is 5.10 Å². The fraction of sp³-hybridized carbons (Fsp3) is 0.250. The molecule has 0 aromatic carbocycles. The van der Waals surface area contributed by atoms with Crippen LogP contribution in [0.3, 0.4) is 0 Å². The number of H-pyrrole nitrogens is 1. The Bertz CT molecular complexity index is 703. The molecule has 19 heavy (non-hydrogen) atoms. The first-order valence-electron chi connectivity index (χ1n) is 5.86. The molecule has 3 aromatic rings. The molecule has 0 bridgehead atoms. The van der Waals surface area contributed by atoms with Gasteiger partial charge in [-0.1, -0.05) is 0 Å². The number of anilines is 1. The molecule has 0 saturated carbocycles. The summed E-state index contributed by atoms with van der Waals surface area (Å²) >= 11 is 0. The number of rotatable bonds is 4. The van der Waals surface area contributed by atoms with E-state index in [-0.39, 0.29) is 6.61 Å². The van der Waals surface area contributed by atoms with Gasteiger partial charge < -0.3 is 14.8 Å². The summed E-state index contributed by atoms with van der Waals surface area (Å²) in [4.78, 5) is 8.59. The lowest BCUT2D eigenvalue weighted by Crippen LogP contribution is -2.03. The number of hydrogen-bond donors (Lipinski definition) is 3.